The third kappa shape index (κ3) is 1.70. The molecule has 0 aliphatic heterocycles. The zero-order valence-corrected chi connectivity index (χ0v) is 6.84. The third-order valence-corrected chi connectivity index (χ3v) is 1.92. The molecule has 60 valence electrons. The van der Waals surface area contributed by atoms with Crippen molar-refractivity contribution < 1.29 is 14.6 Å². The molecule has 0 radical (unpaired) electrons. The van der Waals surface area contributed by atoms with Crippen molar-refractivity contribution in [2.45, 2.75) is 26.9 Å². The minimum atomic E-state index is -0.832. The van der Waals surface area contributed by atoms with Gasteiger partial charge in [0.15, 0.2) is 0 Å². The molecule has 0 bridgehead atoms. The van der Waals surface area contributed by atoms with Gasteiger partial charge in [0.25, 0.3) is 0 Å². The molecule has 0 aromatic heterocycles. The van der Waals surface area contributed by atoms with Crippen molar-refractivity contribution in [2.24, 2.45) is 5.41 Å². The number of hydrogen-bond donors (Lipinski definition) is 1. The first-order valence-electron chi connectivity index (χ1n) is 3.19. The zero-order chi connectivity index (χ0) is 8.36. The minimum Gasteiger partial charge on any atom is -0.481 e. The largest absolute Gasteiger partial charge is 0.481 e. The highest BCUT2D eigenvalue weighted by molar-refractivity contribution is 5.74. The van der Waals surface area contributed by atoms with Crippen LogP contribution in [0.4, 0.5) is 0 Å². The van der Waals surface area contributed by atoms with Crippen molar-refractivity contribution in [1.82, 2.24) is 0 Å². The molecule has 0 aromatic rings. The van der Waals surface area contributed by atoms with Crippen LogP contribution in [-0.4, -0.2) is 24.3 Å². The Balaban J connectivity index is 4.23. The van der Waals surface area contributed by atoms with E-state index >= 15 is 0 Å². The van der Waals surface area contributed by atoms with Gasteiger partial charge in [0.05, 0.1) is 11.5 Å². The second kappa shape index (κ2) is 3.01. The summed E-state index contributed by atoms with van der Waals surface area (Å²) in [7, 11) is 1.51. The van der Waals surface area contributed by atoms with Gasteiger partial charge < -0.3 is 9.84 Å². The molecule has 0 spiro atoms. The van der Waals surface area contributed by atoms with Gasteiger partial charge >= 0.3 is 5.97 Å². The molecule has 0 saturated heterocycles. The fourth-order valence-corrected chi connectivity index (χ4v) is 0.469. The van der Waals surface area contributed by atoms with Crippen LogP contribution >= 0.6 is 0 Å². The summed E-state index contributed by atoms with van der Waals surface area (Å²) in [5.74, 6) is -0.832. The maximum Gasteiger partial charge on any atom is 0.311 e. The van der Waals surface area contributed by atoms with Crippen LogP contribution in [0.5, 0.6) is 0 Å². The molecule has 0 fully saturated rings. The van der Waals surface area contributed by atoms with Crippen molar-refractivity contribution in [3.63, 3.8) is 0 Å². The van der Waals surface area contributed by atoms with Crippen LogP contribution < -0.4 is 0 Å². The normalized spacial score (nSPS) is 14.8. The molecule has 1 atom stereocenters. The molecule has 1 N–H and O–H groups in total. The Kier molecular flexibility index (Phi) is 2.84. The Morgan fingerprint density at radius 3 is 2.10 bits per heavy atom. The molecule has 0 rings (SSSR count). The molecule has 3 heteroatoms. The zero-order valence-electron chi connectivity index (χ0n) is 6.84. The molecule has 0 saturated carbocycles. The predicted molar refractivity (Wildman–Crippen MR) is 37.9 cm³/mol. The first kappa shape index (κ1) is 9.43. The van der Waals surface area contributed by atoms with Crippen LogP contribution in [-0.2, 0) is 9.53 Å². The average Bonchev–Trinajstić information content (AvgIpc) is 1.86. The Hall–Kier alpha value is -0.570. The number of carboxylic acid groups (broad SMARTS) is 1. The lowest BCUT2D eigenvalue weighted by Crippen LogP contribution is -2.36. The fourth-order valence-electron chi connectivity index (χ4n) is 0.469. The van der Waals surface area contributed by atoms with E-state index in [1.165, 1.54) is 7.11 Å². The van der Waals surface area contributed by atoms with Gasteiger partial charge in [0.1, 0.15) is 0 Å². The van der Waals surface area contributed by atoms with Crippen molar-refractivity contribution >= 4 is 5.97 Å². The lowest BCUT2D eigenvalue weighted by atomic mass is 9.88. The van der Waals surface area contributed by atoms with E-state index in [4.69, 9.17) is 9.84 Å². The fraction of sp³-hybridized carbons (Fsp3) is 0.857. The molecule has 3 nitrogen and oxygen atoms in total. The molecule has 0 heterocycles. The van der Waals surface area contributed by atoms with Crippen LogP contribution in [0.1, 0.15) is 20.8 Å². The number of methoxy groups -OCH3 is 1. The average molecular weight is 146 g/mol. The predicted octanol–water partition coefficient (Wildman–Crippen LogP) is 1.13. The highest BCUT2D eigenvalue weighted by Gasteiger charge is 2.33. The Labute approximate surface area is 61.0 Å². The molecular weight excluding hydrogens is 132 g/mol. The Morgan fingerprint density at radius 1 is 1.60 bits per heavy atom. The molecule has 10 heavy (non-hydrogen) atoms. The number of ether oxygens (including phenoxy) is 1. The quantitative estimate of drug-likeness (QED) is 0.649. The third-order valence-electron chi connectivity index (χ3n) is 1.92. The van der Waals surface area contributed by atoms with E-state index < -0.39 is 11.4 Å². The van der Waals surface area contributed by atoms with Crippen LogP contribution in [0.25, 0.3) is 0 Å². The van der Waals surface area contributed by atoms with Crippen LogP contribution in [0.3, 0.4) is 0 Å². The lowest BCUT2D eigenvalue weighted by Gasteiger charge is -2.25. The molecule has 0 amide bonds. The van der Waals surface area contributed by atoms with Gasteiger partial charge in [0, 0.05) is 7.11 Å². The summed E-state index contributed by atoms with van der Waals surface area (Å²) in [6, 6.07) is 0. The van der Waals surface area contributed by atoms with Gasteiger partial charge in [-0.25, -0.2) is 0 Å². The van der Waals surface area contributed by atoms with E-state index in [9.17, 15) is 4.79 Å². The summed E-state index contributed by atoms with van der Waals surface area (Å²) in [5.41, 5.74) is -0.797. The van der Waals surface area contributed by atoms with E-state index in [1.807, 2.05) is 0 Å². The highest BCUT2D eigenvalue weighted by Crippen LogP contribution is 2.22. The SMILES string of the molecule is COC(C)C(C)(C)C(=O)O. The van der Waals surface area contributed by atoms with Crippen molar-refractivity contribution in [2.75, 3.05) is 7.11 Å². The second-order valence-corrected chi connectivity index (χ2v) is 2.90. The summed E-state index contributed by atoms with van der Waals surface area (Å²) in [6.07, 6.45) is -0.259. The van der Waals surface area contributed by atoms with Crippen LogP contribution in [0, 0.1) is 5.41 Å². The molecule has 0 aliphatic rings. The standard InChI is InChI=1S/C7H14O3/c1-5(10-4)7(2,3)6(8)9/h5H,1-4H3,(H,8,9). The lowest BCUT2D eigenvalue weighted by molar-refractivity contribution is -0.154. The maximum atomic E-state index is 10.5. The van der Waals surface area contributed by atoms with Gasteiger partial charge in [-0.2, -0.15) is 0 Å². The molecule has 0 aromatic carbocycles. The number of aliphatic carboxylic acids is 1. The van der Waals surface area contributed by atoms with E-state index in [-0.39, 0.29) is 6.10 Å². The van der Waals surface area contributed by atoms with Crippen LogP contribution in [0.15, 0.2) is 0 Å². The smallest absolute Gasteiger partial charge is 0.311 e. The Morgan fingerprint density at radius 2 is 2.00 bits per heavy atom. The number of hydrogen-bond acceptors (Lipinski definition) is 2. The summed E-state index contributed by atoms with van der Waals surface area (Å²) < 4.78 is 4.90. The van der Waals surface area contributed by atoms with Gasteiger partial charge in [-0.1, -0.05) is 0 Å². The number of carbonyl (C=O) groups is 1. The number of carboxylic acids is 1. The Bertz CT molecular complexity index is 129. The van der Waals surface area contributed by atoms with Gasteiger partial charge in [-0.3, -0.25) is 4.79 Å². The van der Waals surface area contributed by atoms with Gasteiger partial charge in [-0.15, -0.1) is 0 Å². The van der Waals surface area contributed by atoms with Crippen molar-refractivity contribution in [3.8, 4) is 0 Å². The summed E-state index contributed by atoms with van der Waals surface area (Å²) >= 11 is 0. The number of rotatable bonds is 3. The van der Waals surface area contributed by atoms with E-state index in [0.717, 1.165) is 0 Å². The second-order valence-electron chi connectivity index (χ2n) is 2.90. The highest BCUT2D eigenvalue weighted by atomic mass is 16.5. The molecule has 0 aliphatic carbocycles. The molecule has 1 unspecified atom stereocenters. The minimum absolute atomic E-state index is 0.259. The monoisotopic (exact) mass is 146 g/mol. The first-order chi connectivity index (χ1) is 4.42. The maximum absolute atomic E-state index is 10.5. The summed E-state index contributed by atoms with van der Waals surface area (Å²) in [6.45, 7) is 5.03. The van der Waals surface area contributed by atoms with Crippen LogP contribution in [0.2, 0.25) is 0 Å². The first-order valence-corrected chi connectivity index (χ1v) is 3.19. The topological polar surface area (TPSA) is 46.5 Å². The van der Waals surface area contributed by atoms with Crippen molar-refractivity contribution in [3.05, 3.63) is 0 Å². The van der Waals surface area contributed by atoms with E-state index in [1.54, 1.807) is 20.8 Å². The van der Waals surface area contributed by atoms with E-state index in [0.29, 0.717) is 0 Å². The van der Waals surface area contributed by atoms with Crippen molar-refractivity contribution in [1.29, 1.82) is 0 Å². The summed E-state index contributed by atoms with van der Waals surface area (Å²) in [5, 5.41) is 8.66. The van der Waals surface area contributed by atoms with Gasteiger partial charge in [-0.05, 0) is 20.8 Å². The molecular formula is C7H14O3. The summed E-state index contributed by atoms with van der Waals surface area (Å²) in [4.78, 5) is 10.5. The van der Waals surface area contributed by atoms with Gasteiger partial charge in [0.2, 0.25) is 0 Å². The van der Waals surface area contributed by atoms with E-state index in [2.05, 4.69) is 0 Å².